The van der Waals surface area contributed by atoms with Gasteiger partial charge in [-0.05, 0) is 12.5 Å². The van der Waals surface area contributed by atoms with Gasteiger partial charge in [0.05, 0.1) is 11.3 Å². The molecule has 0 saturated heterocycles. The lowest BCUT2D eigenvalue weighted by Crippen LogP contribution is -2.30. The topological polar surface area (TPSA) is 37.4 Å². The molecule has 3 nitrogen and oxygen atoms in total. The second-order valence-electron chi connectivity index (χ2n) is 3.57. The number of carbonyl (C=O) groups excluding carboxylic acids is 2. The van der Waals surface area contributed by atoms with Gasteiger partial charge >= 0.3 is 0 Å². The number of fused-ring (bicyclic) bond motifs is 1. The van der Waals surface area contributed by atoms with Crippen molar-refractivity contribution in [2.24, 2.45) is 0 Å². The Morgan fingerprint density at radius 1 is 1.25 bits per heavy atom. The number of halogens is 2. The maximum Gasteiger partial charge on any atom is 0.299 e. The zero-order valence-electron chi connectivity index (χ0n) is 8.59. The van der Waals surface area contributed by atoms with Crippen LogP contribution in [0, 0.1) is 11.6 Å². The average molecular weight is 225 g/mol. The first kappa shape index (κ1) is 10.7. The molecular formula is C11H9F2NO2. The number of hydrogen-bond acceptors (Lipinski definition) is 2. The van der Waals surface area contributed by atoms with E-state index in [4.69, 9.17) is 0 Å². The lowest BCUT2D eigenvalue weighted by atomic mass is 10.1. The van der Waals surface area contributed by atoms with E-state index in [1.807, 2.05) is 0 Å². The van der Waals surface area contributed by atoms with Crippen molar-refractivity contribution < 1.29 is 18.4 Å². The minimum Gasteiger partial charge on any atom is -0.302 e. The largest absolute Gasteiger partial charge is 0.302 e. The molecule has 0 saturated carbocycles. The highest BCUT2D eigenvalue weighted by atomic mass is 19.1. The van der Waals surface area contributed by atoms with Gasteiger partial charge in [0.25, 0.3) is 11.7 Å². The molecule has 1 aliphatic rings. The van der Waals surface area contributed by atoms with Gasteiger partial charge in [-0.25, -0.2) is 8.78 Å². The van der Waals surface area contributed by atoms with Crippen LogP contribution in [0.1, 0.15) is 23.7 Å². The van der Waals surface area contributed by atoms with Crippen molar-refractivity contribution in [1.29, 1.82) is 0 Å². The van der Waals surface area contributed by atoms with E-state index < -0.39 is 23.3 Å². The van der Waals surface area contributed by atoms with Gasteiger partial charge in [-0.1, -0.05) is 6.92 Å². The molecule has 0 bridgehead atoms. The summed E-state index contributed by atoms with van der Waals surface area (Å²) in [6.45, 7) is 2.05. The minimum atomic E-state index is -0.873. The predicted octanol–water partition coefficient (Wildman–Crippen LogP) is 1.90. The van der Waals surface area contributed by atoms with Crippen LogP contribution >= 0.6 is 0 Å². The summed E-state index contributed by atoms with van der Waals surface area (Å²) < 4.78 is 26.4. The molecule has 1 aliphatic heterocycles. The van der Waals surface area contributed by atoms with Gasteiger partial charge in [-0.2, -0.15) is 0 Å². The van der Waals surface area contributed by atoms with Crippen LogP contribution < -0.4 is 4.90 Å². The quantitative estimate of drug-likeness (QED) is 0.721. The van der Waals surface area contributed by atoms with E-state index in [-0.39, 0.29) is 17.8 Å². The summed E-state index contributed by atoms with van der Waals surface area (Å²) in [5.74, 6) is -3.36. The first-order valence-electron chi connectivity index (χ1n) is 4.91. The number of Topliss-reactive ketones (excluding diaryl/α,β-unsaturated/α-hetero) is 1. The lowest BCUT2D eigenvalue weighted by Gasteiger charge is -2.15. The van der Waals surface area contributed by atoms with E-state index in [1.54, 1.807) is 6.92 Å². The van der Waals surface area contributed by atoms with Crippen molar-refractivity contribution in [3.8, 4) is 0 Å². The molecule has 0 N–H and O–H groups in total. The Labute approximate surface area is 90.7 Å². The predicted molar refractivity (Wildman–Crippen MR) is 53.3 cm³/mol. The number of hydrogen-bond donors (Lipinski definition) is 0. The van der Waals surface area contributed by atoms with Crippen LogP contribution in [-0.2, 0) is 4.79 Å². The molecule has 1 aromatic carbocycles. The van der Waals surface area contributed by atoms with Crippen molar-refractivity contribution in [1.82, 2.24) is 0 Å². The van der Waals surface area contributed by atoms with Gasteiger partial charge < -0.3 is 4.90 Å². The summed E-state index contributed by atoms with van der Waals surface area (Å²) in [4.78, 5) is 24.0. The minimum absolute atomic E-state index is 0.0988. The van der Waals surface area contributed by atoms with Crippen molar-refractivity contribution >= 4 is 17.4 Å². The first-order chi connectivity index (χ1) is 7.56. The summed E-state index contributed by atoms with van der Waals surface area (Å²) in [5.41, 5.74) is -0.283. The molecule has 1 aromatic rings. The highest BCUT2D eigenvalue weighted by Gasteiger charge is 2.38. The van der Waals surface area contributed by atoms with Crippen molar-refractivity contribution in [3.63, 3.8) is 0 Å². The highest BCUT2D eigenvalue weighted by Crippen LogP contribution is 2.32. The molecule has 16 heavy (non-hydrogen) atoms. The van der Waals surface area contributed by atoms with Crippen LogP contribution in [0.2, 0.25) is 0 Å². The van der Waals surface area contributed by atoms with Gasteiger partial charge in [0.1, 0.15) is 5.82 Å². The second-order valence-corrected chi connectivity index (χ2v) is 3.57. The van der Waals surface area contributed by atoms with Crippen LogP contribution in [0.5, 0.6) is 0 Å². The molecule has 0 radical (unpaired) electrons. The highest BCUT2D eigenvalue weighted by molar-refractivity contribution is 6.52. The maximum absolute atomic E-state index is 13.5. The smallest absolute Gasteiger partial charge is 0.299 e. The van der Waals surface area contributed by atoms with Crippen molar-refractivity contribution in [2.75, 3.05) is 11.4 Å². The second kappa shape index (κ2) is 3.66. The Balaban J connectivity index is 2.60. The van der Waals surface area contributed by atoms with Crippen LogP contribution in [0.3, 0.4) is 0 Å². The number of nitrogens with zero attached hydrogens (tertiary/aromatic N) is 1. The monoisotopic (exact) mass is 225 g/mol. The average Bonchev–Trinajstić information content (AvgIpc) is 2.44. The standard InChI is InChI=1S/C11H9F2NO2/c1-2-3-14-9-7(10(15)11(14)16)4-6(12)5-8(9)13/h4-5H,2-3H2,1H3. The molecule has 5 heteroatoms. The molecule has 0 unspecified atom stereocenters. The van der Waals surface area contributed by atoms with Crippen LogP contribution in [-0.4, -0.2) is 18.2 Å². The fourth-order valence-corrected chi connectivity index (χ4v) is 1.79. The Kier molecular flexibility index (Phi) is 2.46. The number of rotatable bonds is 2. The van der Waals surface area contributed by atoms with E-state index in [0.717, 1.165) is 11.0 Å². The van der Waals surface area contributed by atoms with Gasteiger partial charge in [0, 0.05) is 12.6 Å². The number of anilines is 1. The lowest BCUT2D eigenvalue weighted by molar-refractivity contribution is -0.114. The summed E-state index contributed by atoms with van der Waals surface area (Å²) in [6.07, 6.45) is 0.593. The van der Waals surface area contributed by atoms with E-state index in [2.05, 4.69) is 0 Å². The number of amides is 1. The summed E-state index contributed by atoms with van der Waals surface area (Å²) in [7, 11) is 0. The van der Waals surface area contributed by atoms with E-state index in [0.29, 0.717) is 12.5 Å². The maximum atomic E-state index is 13.5. The molecular weight excluding hydrogens is 216 g/mol. The van der Waals surface area contributed by atoms with Crippen LogP contribution in [0.15, 0.2) is 12.1 Å². The van der Waals surface area contributed by atoms with Crippen LogP contribution in [0.25, 0.3) is 0 Å². The number of carbonyl (C=O) groups is 2. The molecule has 0 atom stereocenters. The van der Waals surface area contributed by atoms with Crippen molar-refractivity contribution in [2.45, 2.75) is 13.3 Å². The molecule has 0 fully saturated rings. The Morgan fingerprint density at radius 3 is 2.56 bits per heavy atom. The number of benzene rings is 1. The van der Waals surface area contributed by atoms with Crippen molar-refractivity contribution in [3.05, 3.63) is 29.3 Å². The third-order valence-corrected chi connectivity index (χ3v) is 2.43. The normalized spacial score (nSPS) is 14.6. The number of ketones is 1. The van der Waals surface area contributed by atoms with E-state index in [1.165, 1.54) is 0 Å². The molecule has 1 heterocycles. The SMILES string of the molecule is CCCN1C(=O)C(=O)c2cc(F)cc(F)c21. The molecule has 84 valence electrons. The Bertz CT molecular complexity index is 485. The van der Waals surface area contributed by atoms with Gasteiger partial charge in [-0.3, -0.25) is 9.59 Å². The molecule has 2 rings (SSSR count). The Hall–Kier alpha value is -1.78. The summed E-state index contributed by atoms with van der Waals surface area (Å²) in [6, 6.07) is 1.57. The fourth-order valence-electron chi connectivity index (χ4n) is 1.79. The van der Waals surface area contributed by atoms with E-state index in [9.17, 15) is 18.4 Å². The molecule has 0 aliphatic carbocycles. The van der Waals surface area contributed by atoms with Gasteiger partial charge in [0.15, 0.2) is 5.82 Å². The zero-order valence-corrected chi connectivity index (χ0v) is 8.59. The molecule has 0 aromatic heterocycles. The fraction of sp³-hybridized carbons (Fsp3) is 0.273. The Morgan fingerprint density at radius 2 is 1.94 bits per heavy atom. The van der Waals surface area contributed by atoms with E-state index >= 15 is 0 Å². The van der Waals surface area contributed by atoms with Crippen LogP contribution in [0.4, 0.5) is 14.5 Å². The third-order valence-electron chi connectivity index (χ3n) is 2.43. The van der Waals surface area contributed by atoms with Gasteiger partial charge in [0.2, 0.25) is 0 Å². The molecule has 0 spiro atoms. The van der Waals surface area contributed by atoms with Gasteiger partial charge in [-0.15, -0.1) is 0 Å². The summed E-state index contributed by atoms with van der Waals surface area (Å²) in [5, 5.41) is 0. The first-order valence-corrected chi connectivity index (χ1v) is 4.91. The zero-order chi connectivity index (χ0) is 11.9. The molecule has 1 amide bonds. The summed E-state index contributed by atoms with van der Waals surface area (Å²) >= 11 is 0. The third kappa shape index (κ3) is 1.39.